The summed E-state index contributed by atoms with van der Waals surface area (Å²) < 4.78 is 13.9. The van der Waals surface area contributed by atoms with E-state index in [4.69, 9.17) is 0 Å². The summed E-state index contributed by atoms with van der Waals surface area (Å²) in [6.45, 7) is 0. The van der Waals surface area contributed by atoms with Crippen molar-refractivity contribution in [1.29, 1.82) is 0 Å². The van der Waals surface area contributed by atoms with Crippen LogP contribution in [0.2, 0.25) is 0 Å². The Morgan fingerprint density at radius 2 is 2.00 bits per heavy atom. The lowest BCUT2D eigenvalue weighted by Gasteiger charge is -2.09. The van der Waals surface area contributed by atoms with Crippen LogP contribution in [0.15, 0.2) is 29.1 Å². The predicted molar refractivity (Wildman–Crippen MR) is 82.3 cm³/mol. The fraction of sp³-hybridized carbons (Fsp3) is 0.250. The lowest BCUT2D eigenvalue weighted by molar-refractivity contribution is 0.630. The number of hydrogen-bond donors (Lipinski definition) is 1. The maximum atomic E-state index is 13.9. The molecule has 0 saturated carbocycles. The summed E-state index contributed by atoms with van der Waals surface area (Å²) in [5.74, 6) is -0.0643. The Morgan fingerprint density at radius 3 is 2.86 bits per heavy atom. The maximum absolute atomic E-state index is 13.9. The molecule has 0 atom stereocenters. The summed E-state index contributed by atoms with van der Waals surface area (Å²) in [6, 6.07) is 6.37. The van der Waals surface area contributed by atoms with Gasteiger partial charge in [0.05, 0.1) is 10.9 Å². The average molecular weight is 300 g/mol. The number of aromatic amines is 1. The first kappa shape index (κ1) is 12.7. The van der Waals surface area contributed by atoms with Crippen LogP contribution in [0.25, 0.3) is 21.6 Å². The van der Waals surface area contributed by atoms with Crippen LogP contribution in [-0.4, -0.2) is 9.97 Å². The van der Waals surface area contributed by atoms with Crippen molar-refractivity contribution in [3.8, 4) is 11.4 Å². The van der Waals surface area contributed by atoms with Crippen LogP contribution >= 0.6 is 11.3 Å². The van der Waals surface area contributed by atoms with Gasteiger partial charge in [0.15, 0.2) is 0 Å². The average Bonchev–Trinajstić information content (AvgIpc) is 2.86. The Kier molecular flexibility index (Phi) is 2.89. The first-order chi connectivity index (χ1) is 10.2. The number of rotatable bonds is 1. The third-order valence-corrected chi connectivity index (χ3v) is 5.14. The Hall–Kier alpha value is -2.01. The van der Waals surface area contributed by atoms with Gasteiger partial charge in [-0.1, -0.05) is 12.1 Å². The number of H-pyrrole nitrogens is 1. The zero-order chi connectivity index (χ0) is 14.4. The molecular formula is C16H13FN2OS. The van der Waals surface area contributed by atoms with Crippen molar-refractivity contribution in [2.75, 3.05) is 0 Å². The molecule has 1 N–H and O–H groups in total. The van der Waals surface area contributed by atoms with Gasteiger partial charge in [-0.2, -0.15) is 0 Å². The summed E-state index contributed by atoms with van der Waals surface area (Å²) >= 11 is 1.58. The number of nitrogens with zero attached hydrogens (tertiary/aromatic N) is 1. The lowest BCUT2D eigenvalue weighted by Crippen LogP contribution is -2.11. The van der Waals surface area contributed by atoms with E-state index < -0.39 is 0 Å². The first-order valence-corrected chi connectivity index (χ1v) is 7.85. The molecule has 0 aliphatic heterocycles. The van der Waals surface area contributed by atoms with Gasteiger partial charge in [0.2, 0.25) is 0 Å². The van der Waals surface area contributed by atoms with Gasteiger partial charge in [-0.15, -0.1) is 11.3 Å². The van der Waals surface area contributed by atoms with Gasteiger partial charge in [-0.05, 0) is 43.4 Å². The topological polar surface area (TPSA) is 45.8 Å². The largest absolute Gasteiger partial charge is 0.306 e. The fourth-order valence-electron chi connectivity index (χ4n) is 2.94. The molecule has 2 heterocycles. The molecule has 1 aliphatic rings. The van der Waals surface area contributed by atoms with Gasteiger partial charge >= 0.3 is 0 Å². The number of aromatic nitrogens is 2. The third-order valence-electron chi connectivity index (χ3n) is 3.95. The third kappa shape index (κ3) is 2.00. The molecule has 2 aromatic heterocycles. The molecule has 4 rings (SSSR count). The van der Waals surface area contributed by atoms with Gasteiger partial charge in [0.1, 0.15) is 16.5 Å². The summed E-state index contributed by atoms with van der Waals surface area (Å²) in [6.07, 6.45) is 4.25. The molecule has 3 nitrogen and oxygen atoms in total. The van der Waals surface area contributed by atoms with E-state index >= 15 is 0 Å². The molecule has 106 valence electrons. The van der Waals surface area contributed by atoms with Crippen LogP contribution in [0.1, 0.15) is 23.3 Å². The SMILES string of the molecule is O=c1[nH]c(-c2ccccc2F)nc2sc3c(c12)CCCC3. The van der Waals surface area contributed by atoms with E-state index in [0.717, 1.165) is 36.1 Å². The summed E-state index contributed by atoms with van der Waals surface area (Å²) in [5, 5.41) is 0.704. The molecule has 5 heteroatoms. The Labute approximate surface area is 124 Å². The monoisotopic (exact) mass is 300 g/mol. The Morgan fingerprint density at radius 1 is 1.19 bits per heavy atom. The van der Waals surface area contributed by atoms with E-state index in [1.165, 1.54) is 10.9 Å². The van der Waals surface area contributed by atoms with Gasteiger partial charge in [-0.25, -0.2) is 9.37 Å². The second-order valence-electron chi connectivity index (χ2n) is 5.29. The number of nitrogens with one attached hydrogen (secondary N) is 1. The smallest absolute Gasteiger partial charge is 0.260 e. The second kappa shape index (κ2) is 4.77. The van der Waals surface area contributed by atoms with Crippen molar-refractivity contribution in [2.45, 2.75) is 25.7 Å². The number of hydrogen-bond acceptors (Lipinski definition) is 3. The molecular weight excluding hydrogens is 287 g/mol. The number of halogens is 1. The standard InChI is InChI=1S/C16H13FN2OS/c17-11-7-3-1-5-9(11)14-18-15(20)13-10-6-2-4-8-12(10)21-16(13)19-14/h1,3,5,7H,2,4,6,8H2,(H,18,19,20). The minimum absolute atomic E-state index is 0.155. The molecule has 21 heavy (non-hydrogen) atoms. The van der Waals surface area contributed by atoms with Crippen LogP contribution in [0.4, 0.5) is 4.39 Å². The molecule has 3 aromatic rings. The van der Waals surface area contributed by atoms with E-state index in [2.05, 4.69) is 9.97 Å². The van der Waals surface area contributed by atoms with E-state index in [1.807, 2.05) is 0 Å². The molecule has 0 spiro atoms. The fourth-order valence-corrected chi connectivity index (χ4v) is 4.21. The molecule has 0 unspecified atom stereocenters. The molecule has 0 radical (unpaired) electrons. The predicted octanol–water partition coefficient (Wildman–Crippen LogP) is 3.67. The number of fused-ring (bicyclic) bond motifs is 3. The highest BCUT2D eigenvalue weighted by Gasteiger charge is 2.20. The summed E-state index contributed by atoms with van der Waals surface area (Å²) in [4.78, 5) is 21.6. The second-order valence-corrected chi connectivity index (χ2v) is 6.37. The van der Waals surface area contributed by atoms with Crippen molar-refractivity contribution < 1.29 is 4.39 Å². The van der Waals surface area contributed by atoms with Gasteiger partial charge in [-0.3, -0.25) is 4.79 Å². The highest BCUT2D eigenvalue weighted by Crippen LogP contribution is 2.34. The van der Waals surface area contributed by atoms with Crippen LogP contribution in [-0.2, 0) is 12.8 Å². The van der Waals surface area contributed by atoms with Crippen LogP contribution in [0.3, 0.4) is 0 Å². The van der Waals surface area contributed by atoms with Crippen LogP contribution in [0, 0.1) is 5.82 Å². The normalized spacial score (nSPS) is 14.3. The maximum Gasteiger partial charge on any atom is 0.260 e. The van der Waals surface area contributed by atoms with Gasteiger partial charge < -0.3 is 4.98 Å². The van der Waals surface area contributed by atoms with Crippen molar-refractivity contribution in [3.05, 3.63) is 50.9 Å². The van der Waals surface area contributed by atoms with Crippen molar-refractivity contribution in [3.63, 3.8) is 0 Å². The van der Waals surface area contributed by atoms with E-state index in [9.17, 15) is 9.18 Å². The molecule has 0 amide bonds. The van der Waals surface area contributed by atoms with E-state index in [-0.39, 0.29) is 11.4 Å². The molecule has 1 aromatic carbocycles. The zero-order valence-electron chi connectivity index (χ0n) is 11.3. The van der Waals surface area contributed by atoms with Crippen molar-refractivity contribution in [1.82, 2.24) is 9.97 Å². The van der Waals surface area contributed by atoms with Crippen LogP contribution in [0.5, 0.6) is 0 Å². The minimum Gasteiger partial charge on any atom is -0.306 e. The van der Waals surface area contributed by atoms with E-state index in [1.54, 1.807) is 29.5 Å². The van der Waals surface area contributed by atoms with E-state index in [0.29, 0.717) is 16.8 Å². The van der Waals surface area contributed by atoms with Crippen molar-refractivity contribution >= 4 is 21.6 Å². The highest BCUT2D eigenvalue weighted by molar-refractivity contribution is 7.18. The number of aryl methyl sites for hydroxylation is 2. The summed E-state index contributed by atoms with van der Waals surface area (Å²) in [5.41, 5.74) is 1.33. The molecule has 0 saturated heterocycles. The quantitative estimate of drug-likeness (QED) is 0.745. The minimum atomic E-state index is -0.374. The number of thiophene rings is 1. The van der Waals surface area contributed by atoms with Gasteiger partial charge in [0.25, 0.3) is 5.56 Å². The van der Waals surface area contributed by atoms with Crippen molar-refractivity contribution in [2.24, 2.45) is 0 Å². The Balaban J connectivity index is 1.98. The summed E-state index contributed by atoms with van der Waals surface area (Å²) in [7, 11) is 0. The lowest BCUT2D eigenvalue weighted by atomic mass is 9.97. The Bertz CT molecular complexity index is 897. The number of benzene rings is 1. The molecule has 0 bridgehead atoms. The van der Waals surface area contributed by atoms with Gasteiger partial charge in [0, 0.05) is 4.88 Å². The zero-order valence-corrected chi connectivity index (χ0v) is 12.1. The molecule has 0 fully saturated rings. The highest BCUT2D eigenvalue weighted by atomic mass is 32.1. The first-order valence-electron chi connectivity index (χ1n) is 7.03. The molecule has 1 aliphatic carbocycles. The van der Waals surface area contributed by atoms with Crippen LogP contribution < -0.4 is 5.56 Å².